The van der Waals surface area contributed by atoms with Crippen molar-refractivity contribution >= 4 is 5.78 Å². The number of piperidine rings is 1. The van der Waals surface area contributed by atoms with Crippen LogP contribution < -0.4 is 4.74 Å². The number of ether oxygens (including phenoxy) is 1. The predicted molar refractivity (Wildman–Crippen MR) is 74.8 cm³/mol. The number of carbonyl (C=O) groups excluding carboxylic acids is 1. The van der Waals surface area contributed by atoms with Crippen molar-refractivity contribution in [1.29, 1.82) is 0 Å². The Morgan fingerprint density at radius 1 is 1.23 bits per heavy atom. The van der Waals surface area contributed by atoms with Crippen molar-refractivity contribution in [3.63, 3.8) is 0 Å². The fourth-order valence-electron chi connectivity index (χ4n) is 3.71. The molecule has 0 aliphatic carbocycles. The van der Waals surface area contributed by atoms with Gasteiger partial charge in [-0.2, -0.15) is 0 Å². The fraction of sp³-hybridized carbons (Fsp3) is 0.562. The lowest BCUT2D eigenvalue weighted by Crippen LogP contribution is -2.42. The molecule has 120 valence electrons. The molecule has 2 fully saturated rings. The number of Topliss-reactive ketones (excluding diaryl/α,β-unsaturated/α-hetero) is 1. The summed E-state index contributed by atoms with van der Waals surface area (Å²) < 4.78 is 40.7. The first-order valence-corrected chi connectivity index (χ1v) is 7.45. The number of hydrogen-bond acceptors (Lipinski definition) is 3. The first-order chi connectivity index (χ1) is 10.3. The average molecular weight is 313 g/mol. The summed E-state index contributed by atoms with van der Waals surface area (Å²) in [6.07, 6.45) is -0.967. The zero-order chi connectivity index (χ0) is 15.9. The van der Waals surface area contributed by atoms with Gasteiger partial charge < -0.3 is 9.64 Å². The summed E-state index contributed by atoms with van der Waals surface area (Å²) in [5, 5.41) is 0. The van der Waals surface area contributed by atoms with Crippen molar-refractivity contribution in [2.75, 3.05) is 7.05 Å². The number of rotatable bonds is 3. The van der Waals surface area contributed by atoms with Crippen molar-refractivity contribution < 1.29 is 22.7 Å². The third-order valence-corrected chi connectivity index (χ3v) is 4.82. The van der Waals surface area contributed by atoms with Crippen molar-refractivity contribution in [2.24, 2.45) is 5.92 Å². The highest BCUT2D eigenvalue weighted by atomic mass is 19.4. The van der Waals surface area contributed by atoms with E-state index in [9.17, 15) is 18.0 Å². The van der Waals surface area contributed by atoms with Gasteiger partial charge in [-0.25, -0.2) is 0 Å². The summed E-state index contributed by atoms with van der Waals surface area (Å²) >= 11 is 0. The maximum atomic E-state index is 12.6. The minimum absolute atomic E-state index is 0.0716. The first-order valence-electron chi connectivity index (χ1n) is 7.45. The standard InChI is InChI=1S/C16H18F3NO2/c1-20-12-5-6-13(20)8-11(7-12)15(21)10-3-2-4-14(9-10)22-16(17,18)19/h2-4,9,11-13H,5-8H2,1H3. The van der Waals surface area contributed by atoms with Crippen LogP contribution in [0.5, 0.6) is 5.75 Å². The molecule has 2 unspecified atom stereocenters. The van der Waals surface area contributed by atoms with Crippen molar-refractivity contribution in [3.8, 4) is 5.75 Å². The van der Waals surface area contributed by atoms with Crippen LogP contribution in [0.1, 0.15) is 36.0 Å². The van der Waals surface area contributed by atoms with E-state index in [1.54, 1.807) is 6.07 Å². The van der Waals surface area contributed by atoms with Gasteiger partial charge in [-0.1, -0.05) is 12.1 Å². The smallest absolute Gasteiger partial charge is 0.406 e. The van der Waals surface area contributed by atoms with Crippen LogP contribution in [0.25, 0.3) is 0 Å². The lowest BCUT2D eigenvalue weighted by atomic mass is 9.85. The Balaban J connectivity index is 1.74. The molecule has 0 aromatic heterocycles. The molecule has 0 radical (unpaired) electrons. The summed E-state index contributed by atoms with van der Waals surface area (Å²) in [6.45, 7) is 0. The number of benzene rings is 1. The van der Waals surface area contributed by atoms with Crippen molar-refractivity contribution in [1.82, 2.24) is 4.90 Å². The van der Waals surface area contributed by atoms with Crippen LogP contribution in [-0.2, 0) is 0 Å². The third kappa shape index (κ3) is 3.11. The van der Waals surface area contributed by atoms with E-state index in [1.165, 1.54) is 18.2 Å². The number of nitrogens with zero attached hydrogens (tertiary/aromatic N) is 1. The topological polar surface area (TPSA) is 29.5 Å². The summed E-state index contributed by atoms with van der Waals surface area (Å²) in [4.78, 5) is 14.9. The number of hydrogen-bond donors (Lipinski definition) is 0. The number of halogens is 3. The Morgan fingerprint density at radius 3 is 2.45 bits per heavy atom. The Hall–Kier alpha value is -1.56. The molecule has 0 amide bonds. The van der Waals surface area contributed by atoms with E-state index in [0.29, 0.717) is 17.6 Å². The Labute approximate surface area is 127 Å². The van der Waals surface area contributed by atoms with E-state index in [2.05, 4.69) is 16.7 Å². The molecular weight excluding hydrogens is 295 g/mol. The largest absolute Gasteiger partial charge is 0.573 e. The molecule has 2 heterocycles. The van der Waals surface area contributed by atoms with Gasteiger partial charge in [0.2, 0.25) is 0 Å². The van der Waals surface area contributed by atoms with Crippen LogP contribution in [0.3, 0.4) is 0 Å². The minimum Gasteiger partial charge on any atom is -0.406 e. The molecule has 2 bridgehead atoms. The molecule has 2 aliphatic heterocycles. The van der Waals surface area contributed by atoms with Gasteiger partial charge in [-0.05, 0) is 44.9 Å². The van der Waals surface area contributed by atoms with Gasteiger partial charge in [0.25, 0.3) is 0 Å². The van der Waals surface area contributed by atoms with Crippen LogP contribution in [0, 0.1) is 5.92 Å². The SMILES string of the molecule is CN1C2CCC1CC(C(=O)c1cccc(OC(F)(F)F)c1)C2. The Bertz CT molecular complexity index is 559. The van der Waals surface area contributed by atoms with Crippen LogP contribution in [-0.4, -0.2) is 36.2 Å². The zero-order valence-corrected chi connectivity index (χ0v) is 12.3. The fourth-order valence-corrected chi connectivity index (χ4v) is 3.71. The van der Waals surface area contributed by atoms with E-state index in [4.69, 9.17) is 0 Å². The van der Waals surface area contributed by atoms with Gasteiger partial charge in [-0.15, -0.1) is 13.2 Å². The molecule has 2 atom stereocenters. The molecule has 3 rings (SSSR count). The highest BCUT2D eigenvalue weighted by Gasteiger charge is 2.41. The van der Waals surface area contributed by atoms with E-state index >= 15 is 0 Å². The van der Waals surface area contributed by atoms with Crippen molar-refractivity contribution in [3.05, 3.63) is 29.8 Å². The number of carbonyl (C=O) groups is 1. The van der Waals surface area contributed by atoms with E-state index in [-0.39, 0.29) is 17.5 Å². The van der Waals surface area contributed by atoms with Gasteiger partial charge in [0, 0.05) is 23.6 Å². The number of ketones is 1. The van der Waals surface area contributed by atoms with E-state index in [1.807, 2.05) is 0 Å². The van der Waals surface area contributed by atoms with Crippen LogP contribution in [0.15, 0.2) is 24.3 Å². The van der Waals surface area contributed by atoms with Crippen LogP contribution in [0.4, 0.5) is 13.2 Å². The van der Waals surface area contributed by atoms with E-state index in [0.717, 1.165) is 25.7 Å². The molecule has 0 N–H and O–H groups in total. The molecule has 1 aromatic carbocycles. The molecule has 2 saturated heterocycles. The second kappa shape index (κ2) is 5.57. The molecule has 0 saturated carbocycles. The monoisotopic (exact) mass is 313 g/mol. The van der Waals surface area contributed by atoms with Crippen LogP contribution in [0.2, 0.25) is 0 Å². The second-order valence-corrected chi connectivity index (χ2v) is 6.16. The van der Waals surface area contributed by atoms with Gasteiger partial charge in [0.1, 0.15) is 5.75 Å². The summed E-state index contributed by atoms with van der Waals surface area (Å²) in [5.41, 5.74) is 0.302. The maximum absolute atomic E-state index is 12.6. The molecular formula is C16H18F3NO2. The van der Waals surface area contributed by atoms with E-state index < -0.39 is 6.36 Å². The number of alkyl halides is 3. The summed E-state index contributed by atoms with van der Waals surface area (Å²) in [5.74, 6) is -0.512. The van der Waals surface area contributed by atoms with Gasteiger partial charge in [-0.3, -0.25) is 4.79 Å². The second-order valence-electron chi connectivity index (χ2n) is 6.16. The maximum Gasteiger partial charge on any atom is 0.573 e. The Morgan fingerprint density at radius 2 is 1.86 bits per heavy atom. The molecule has 22 heavy (non-hydrogen) atoms. The average Bonchev–Trinajstić information content (AvgIpc) is 2.67. The predicted octanol–water partition coefficient (Wildman–Crippen LogP) is 3.64. The minimum atomic E-state index is -4.74. The van der Waals surface area contributed by atoms with Gasteiger partial charge in [0.05, 0.1) is 0 Å². The molecule has 2 aliphatic rings. The number of fused-ring (bicyclic) bond motifs is 2. The van der Waals surface area contributed by atoms with Crippen LogP contribution >= 0.6 is 0 Å². The molecule has 1 aromatic rings. The third-order valence-electron chi connectivity index (χ3n) is 4.82. The molecule has 6 heteroatoms. The zero-order valence-electron chi connectivity index (χ0n) is 12.3. The normalized spacial score (nSPS) is 28.6. The Kier molecular flexibility index (Phi) is 3.89. The lowest BCUT2D eigenvalue weighted by Gasteiger charge is -2.35. The quantitative estimate of drug-likeness (QED) is 0.798. The first kappa shape index (κ1) is 15.3. The highest BCUT2D eigenvalue weighted by Crippen LogP contribution is 2.39. The summed E-state index contributed by atoms with van der Waals surface area (Å²) in [7, 11) is 2.08. The van der Waals surface area contributed by atoms with Crippen molar-refractivity contribution in [2.45, 2.75) is 44.1 Å². The lowest BCUT2D eigenvalue weighted by molar-refractivity contribution is -0.274. The molecule has 0 spiro atoms. The highest BCUT2D eigenvalue weighted by molar-refractivity contribution is 5.98. The van der Waals surface area contributed by atoms with Gasteiger partial charge >= 0.3 is 6.36 Å². The summed E-state index contributed by atoms with van der Waals surface area (Å²) in [6, 6.07) is 6.23. The molecule has 3 nitrogen and oxygen atoms in total. The van der Waals surface area contributed by atoms with Gasteiger partial charge in [0.15, 0.2) is 5.78 Å².